The fourth-order valence-corrected chi connectivity index (χ4v) is 0.845. The number of phenolic OH excluding ortho intramolecular Hbond substituents is 1. The fraction of sp³-hybridized carbons (Fsp3) is 0.400. The Bertz CT molecular complexity index is 284. The molecule has 0 fully saturated rings. The lowest BCUT2D eigenvalue weighted by Crippen LogP contribution is -2.04. The third-order valence-electron chi connectivity index (χ3n) is 1.50. The Morgan fingerprint density at radius 1 is 1.46 bits per heavy atom. The zero-order chi connectivity index (χ0) is 9.84. The smallest absolute Gasteiger partial charge is 0.165 e. The number of ether oxygens (including phenoxy) is 1. The maximum atomic E-state index is 12.6. The van der Waals surface area contributed by atoms with Crippen LogP contribution in [0.3, 0.4) is 0 Å². The summed E-state index contributed by atoms with van der Waals surface area (Å²) in [6.45, 7) is 4.60. The molecule has 0 saturated carbocycles. The number of rotatable bonds is 3. The van der Waals surface area contributed by atoms with E-state index in [1.54, 1.807) is 0 Å². The van der Waals surface area contributed by atoms with Crippen molar-refractivity contribution in [1.82, 2.24) is 0 Å². The van der Waals surface area contributed by atoms with Gasteiger partial charge in [-0.2, -0.15) is 0 Å². The van der Waals surface area contributed by atoms with Crippen LogP contribution in [0.25, 0.3) is 0 Å². The first-order chi connectivity index (χ1) is 6.09. The summed E-state index contributed by atoms with van der Waals surface area (Å²) in [4.78, 5) is 0. The normalized spacial score (nSPS) is 10.5. The van der Waals surface area contributed by atoms with Gasteiger partial charge in [0.25, 0.3) is 0 Å². The maximum absolute atomic E-state index is 12.6. The van der Waals surface area contributed by atoms with Gasteiger partial charge in [-0.3, -0.25) is 0 Å². The van der Waals surface area contributed by atoms with E-state index in [0.29, 0.717) is 18.3 Å². The second kappa shape index (κ2) is 4.12. The molecule has 0 aromatic heterocycles. The summed E-state index contributed by atoms with van der Waals surface area (Å²) in [5.74, 6) is -0.0991. The highest BCUT2D eigenvalue weighted by Crippen LogP contribution is 2.22. The average Bonchev–Trinajstić information content (AvgIpc) is 2.07. The van der Waals surface area contributed by atoms with Gasteiger partial charge in [0.1, 0.15) is 5.75 Å². The highest BCUT2D eigenvalue weighted by Gasteiger charge is 2.02. The molecule has 0 aliphatic carbocycles. The van der Waals surface area contributed by atoms with Crippen LogP contribution in [0, 0.1) is 11.7 Å². The second-order valence-electron chi connectivity index (χ2n) is 3.32. The molecule has 0 bridgehead atoms. The number of hydrogen-bond donors (Lipinski definition) is 1. The molecule has 1 aromatic rings. The largest absolute Gasteiger partial charge is 0.505 e. The van der Waals surface area contributed by atoms with Gasteiger partial charge in [-0.15, -0.1) is 0 Å². The molecule has 0 aliphatic heterocycles. The highest BCUT2D eigenvalue weighted by atomic mass is 19.1. The first-order valence-corrected chi connectivity index (χ1v) is 4.21. The molecule has 0 atom stereocenters. The Kier molecular flexibility index (Phi) is 3.12. The van der Waals surface area contributed by atoms with Gasteiger partial charge in [-0.1, -0.05) is 13.8 Å². The number of benzene rings is 1. The molecule has 0 radical (unpaired) electrons. The van der Waals surface area contributed by atoms with E-state index >= 15 is 0 Å². The monoisotopic (exact) mass is 184 g/mol. The summed E-state index contributed by atoms with van der Waals surface area (Å²) in [6, 6.07) is 3.96. The van der Waals surface area contributed by atoms with Crippen LogP contribution in [-0.2, 0) is 0 Å². The minimum Gasteiger partial charge on any atom is -0.505 e. The van der Waals surface area contributed by atoms with E-state index < -0.39 is 5.82 Å². The van der Waals surface area contributed by atoms with E-state index in [4.69, 9.17) is 9.84 Å². The lowest BCUT2D eigenvalue weighted by molar-refractivity contribution is 0.269. The van der Waals surface area contributed by atoms with Crippen molar-refractivity contribution in [2.75, 3.05) is 6.61 Å². The summed E-state index contributed by atoms with van der Waals surface area (Å²) >= 11 is 0. The van der Waals surface area contributed by atoms with Gasteiger partial charge in [-0.05, 0) is 18.1 Å². The Labute approximate surface area is 77.0 Å². The molecule has 3 heteroatoms. The van der Waals surface area contributed by atoms with Crippen molar-refractivity contribution in [3.63, 3.8) is 0 Å². The van der Waals surface area contributed by atoms with Gasteiger partial charge in [0.2, 0.25) is 0 Å². The number of halogens is 1. The van der Waals surface area contributed by atoms with Crippen LogP contribution in [0.5, 0.6) is 11.5 Å². The van der Waals surface area contributed by atoms with Crippen molar-refractivity contribution in [1.29, 1.82) is 0 Å². The van der Waals surface area contributed by atoms with Crippen molar-refractivity contribution in [2.45, 2.75) is 13.8 Å². The van der Waals surface area contributed by atoms with Crippen molar-refractivity contribution in [2.24, 2.45) is 5.92 Å². The van der Waals surface area contributed by atoms with Gasteiger partial charge in [0.05, 0.1) is 6.61 Å². The van der Waals surface area contributed by atoms with Crippen molar-refractivity contribution < 1.29 is 14.2 Å². The molecule has 1 aromatic carbocycles. The zero-order valence-electron chi connectivity index (χ0n) is 7.75. The molecule has 2 nitrogen and oxygen atoms in total. The molecule has 0 amide bonds. The molecule has 0 spiro atoms. The SMILES string of the molecule is CC(C)COc1ccc(F)c(O)c1. The van der Waals surface area contributed by atoms with Gasteiger partial charge >= 0.3 is 0 Å². The highest BCUT2D eigenvalue weighted by molar-refractivity contribution is 5.33. The maximum Gasteiger partial charge on any atom is 0.165 e. The quantitative estimate of drug-likeness (QED) is 0.782. The van der Waals surface area contributed by atoms with E-state index in [2.05, 4.69) is 0 Å². The predicted molar refractivity (Wildman–Crippen MR) is 48.4 cm³/mol. The zero-order valence-corrected chi connectivity index (χ0v) is 7.75. The summed E-state index contributed by atoms with van der Waals surface area (Å²) in [5.41, 5.74) is 0. The molecule has 13 heavy (non-hydrogen) atoms. The molecule has 0 aliphatic rings. The lowest BCUT2D eigenvalue weighted by atomic mass is 10.2. The summed E-state index contributed by atoms with van der Waals surface area (Å²) in [6.07, 6.45) is 0. The van der Waals surface area contributed by atoms with Crippen molar-refractivity contribution in [3.8, 4) is 11.5 Å². The molecular formula is C10H13FO2. The standard InChI is InChI=1S/C10H13FO2/c1-7(2)6-13-8-3-4-9(11)10(12)5-8/h3-5,7,12H,6H2,1-2H3. The van der Waals surface area contributed by atoms with Crippen LogP contribution in [0.1, 0.15) is 13.8 Å². The van der Waals surface area contributed by atoms with Crippen LogP contribution in [-0.4, -0.2) is 11.7 Å². The summed E-state index contributed by atoms with van der Waals surface area (Å²) < 4.78 is 17.9. The third-order valence-corrected chi connectivity index (χ3v) is 1.50. The van der Waals surface area contributed by atoms with Crippen LogP contribution in [0.15, 0.2) is 18.2 Å². The molecule has 0 unspecified atom stereocenters. The molecule has 72 valence electrons. The van der Waals surface area contributed by atoms with Gasteiger partial charge < -0.3 is 9.84 Å². The van der Waals surface area contributed by atoms with Gasteiger partial charge in [0, 0.05) is 6.07 Å². The lowest BCUT2D eigenvalue weighted by Gasteiger charge is -2.08. The molecule has 1 N–H and O–H groups in total. The van der Waals surface area contributed by atoms with E-state index in [0.717, 1.165) is 0 Å². The van der Waals surface area contributed by atoms with E-state index in [9.17, 15) is 4.39 Å². The molecule has 0 heterocycles. The number of hydrogen-bond acceptors (Lipinski definition) is 2. The minimum atomic E-state index is -0.628. The second-order valence-corrected chi connectivity index (χ2v) is 3.32. The van der Waals surface area contributed by atoms with E-state index in [1.807, 2.05) is 13.8 Å². The van der Waals surface area contributed by atoms with Crippen LogP contribution in [0.4, 0.5) is 4.39 Å². The topological polar surface area (TPSA) is 29.5 Å². The van der Waals surface area contributed by atoms with Crippen LogP contribution in [0.2, 0.25) is 0 Å². The first-order valence-electron chi connectivity index (χ1n) is 4.21. The average molecular weight is 184 g/mol. The number of phenols is 1. The van der Waals surface area contributed by atoms with E-state index in [-0.39, 0.29) is 5.75 Å². The minimum absolute atomic E-state index is 0.374. The van der Waals surface area contributed by atoms with E-state index in [1.165, 1.54) is 18.2 Å². The Balaban J connectivity index is 2.63. The Hall–Kier alpha value is -1.25. The third kappa shape index (κ3) is 2.93. The summed E-state index contributed by atoms with van der Waals surface area (Å²) in [7, 11) is 0. The fourth-order valence-electron chi connectivity index (χ4n) is 0.845. The molecule has 1 rings (SSSR count). The Morgan fingerprint density at radius 3 is 2.69 bits per heavy atom. The first kappa shape index (κ1) is 9.84. The van der Waals surface area contributed by atoms with Gasteiger partial charge in [0.15, 0.2) is 11.6 Å². The van der Waals surface area contributed by atoms with Crippen molar-refractivity contribution >= 4 is 0 Å². The van der Waals surface area contributed by atoms with Crippen molar-refractivity contribution in [3.05, 3.63) is 24.0 Å². The van der Waals surface area contributed by atoms with Gasteiger partial charge in [-0.25, -0.2) is 4.39 Å². The van der Waals surface area contributed by atoms with Crippen LogP contribution >= 0.6 is 0 Å². The summed E-state index contributed by atoms with van der Waals surface area (Å²) in [5, 5.41) is 9.01. The molecule has 0 saturated heterocycles. The number of aromatic hydroxyl groups is 1. The predicted octanol–water partition coefficient (Wildman–Crippen LogP) is 2.57. The Morgan fingerprint density at radius 2 is 2.15 bits per heavy atom. The molecular weight excluding hydrogens is 171 g/mol. The van der Waals surface area contributed by atoms with Crippen LogP contribution < -0.4 is 4.74 Å².